The highest BCUT2D eigenvalue weighted by molar-refractivity contribution is 6.38. The molecule has 12 heteroatoms. The number of carbonyl (C=O) groups is 1. The molecule has 0 unspecified atom stereocenters. The first-order valence-corrected chi connectivity index (χ1v) is 14.6. The van der Waals surface area contributed by atoms with E-state index in [0.717, 1.165) is 24.2 Å². The summed E-state index contributed by atoms with van der Waals surface area (Å²) in [5, 5.41) is 17.0. The standard InChI is InChI=1S/C30H27Cl3N4O5/c1-40-29(38)18-6-9-35-25(12-18)37-10-7-30(39,8-11-37)21-5-4-19(13-22(21)31)41-16-20-27(36-42-28(20)17-2-3-17)26-23(32)14-34-15-24(26)33/h4-6,9,12-15,17,39H,2-3,7-8,10-11,16H2,1H3. The summed E-state index contributed by atoms with van der Waals surface area (Å²) in [6.45, 7) is 1.23. The van der Waals surface area contributed by atoms with Crippen LogP contribution in [-0.4, -0.2) is 46.4 Å². The lowest BCUT2D eigenvalue weighted by molar-refractivity contribution is 0.0117. The highest BCUT2D eigenvalue weighted by Gasteiger charge is 2.37. The Labute approximate surface area is 257 Å². The van der Waals surface area contributed by atoms with Crippen molar-refractivity contribution in [3.8, 4) is 17.0 Å². The third kappa shape index (κ3) is 5.66. The van der Waals surface area contributed by atoms with E-state index in [4.69, 9.17) is 48.8 Å². The maximum atomic E-state index is 11.9. The lowest BCUT2D eigenvalue weighted by Crippen LogP contribution is -2.43. The molecule has 0 radical (unpaired) electrons. The monoisotopic (exact) mass is 628 g/mol. The molecule has 0 spiro atoms. The van der Waals surface area contributed by atoms with Crippen LogP contribution in [0.4, 0.5) is 5.82 Å². The van der Waals surface area contributed by atoms with Gasteiger partial charge in [-0.05, 0) is 49.9 Å². The Morgan fingerprint density at radius 2 is 1.83 bits per heavy atom. The molecule has 1 aliphatic carbocycles. The highest BCUT2D eigenvalue weighted by Crippen LogP contribution is 2.46. The van der Waals surface area contributed by atoms with Gasteiger partial charge in [0, 0.05) is 48.7 Å². The molecule has 2 aliphatic rings. The first-order valence-electron chi connectivity index (χ1n) is 13.5. The van der Waals surface area contributed by atoms with Crippen LogP contribution in [0.1, 0.15) is 58.8 Å². The van der Waals surface area contributed by atoms with E-state index in [2.05, 4.69) is 15.1 Å². The molecule has 6 rings (SSSR count). The van der Waals surface area contributed by atoms with Crippen molar-refractivity contribution in [1.29, 1.82) is 0 Å². The summed E-state index contributed by atoms with van der Waals surface area (Å²) >= 11 is 19.5. The normalized spacial score (nSPS) is 16.4. The number of aromatic nitrogens is 3. The van der Waals surface area contributed by atoms with Gasteiger partial charge in [0.1, 0.15) is 29.6 Å². The fourth-order valence-corrected chi connectivity index (χ4v) is 6.18. The number of benzene rings is 1. The Kier molecular flexibility index (Phi) is 8.02. The number of methoxy groups -OCH3 is 1. The second-order valence-corrected chi connectivity index (χ2v) is 11.7. The number of anilines is 1. The molecule has 1 aromatic carbocycles. The van der Waals surface area contributed by atoms with Gasteiger partial charge >= 0.3 is 5.97 Å². The Hall–Kier alpha value is -3.37. The SMILES string of the molecule is COC(=O)c1ccnc(N2CCC(O)(c3ccc(OCc4c(-c5c(Cl)cncc5Cl)noc4C4CC4)cc3Cl)CC2)c1. The van der Waals surface area contributed by atoms with Gasteiger partial charge in [-0.3, -0.25) is 4.98 Å². The number of hydrogen-bond acceptors (Lipinski definition) is 9. The number of pyridine rings is 2. The number of halogens is 3. The molecule has 1 saturated carbocycles. The van der Waals surface area contributed by atoms with Crippen LogP contribution in [0.25, 0.3) is 11.3 Å². The van der Waals surface area contributed by atoms with Gasteiger partial charge in [0.2, 0.25) is 0 Å². The largest absolute Gasteiger partial charge is 0.489 e. The first kappa shape index (κ1) is 28.7. The van der Waals surface area contributed by atoms with E-state index in [-0.39, 0.29) is 12.5 Å². The molecule has 0 amide bonds. The van der Waals surface area contributed by atoms with Crippen molar-refractivity contribution < 1.29 is 23.9 Å². The van der Waals surface area contributed by atoms with Gasteiger partial charge in [-0.1, -0.05) is 46.0 Å². The molecule has 42 heavy (non-hydrogen) atoms. The molecule has 0 bridgehead atoms. The minimum absolute atomic E-state index is 0.173. The Morgan fingerprint density at radius 3 is 2.50 bits per heavy atom. The van der Waals surface area contributed by atoms with Crippen molar-refractivity contribution in [2.75, 3.05) is 25.1 Å². The number of carbonyl (C=O) groups excluding carboxylic acids is 1. The Morgan fingerprint density at radius 1 is 1.10 bits per heavy atom. The third-order valence-corrected chi connectivity index (χ3v) is 8.65. The number of rotatable bonds is 8. The number of aliphatic hydroxyl groups is 1. The molecular weight excluding hydrogens is 603 g/mol. The van der Waals surface area contributed by atoms with Crippen molar-refractivity contribution >= 4 is 46.6 Å². The summed E-state index contributed by atoms with van der Waals surface area (Å²) in [4.78, 5) is 22.4. The van der Waals surface area contributed by atoms with E-state index in [9.17, 15) is 9.90 Å². The van der Waals surface area contributed by atoms with Crippen LogP contribution >= 0.6 is 34.8 Å². The van der Waals surface area contributed by atoms with E-state index >= 15 is 0 Å². The second kappa shape index (κ2) is 11.7. The van der Waals surface area contributed by atoms with Crippen LogP contribution in [0, 0.1) is 0 Å². The summed E-state index contributed by atoms with van der Waals surface area (Å²) in [5.74, 6) is 1.82. The molecular formula is C30H27Cl3N4O5. The summed E-state index contributed by atoms with van der Waals surface area (Å²) in [7, 11) is 1.34. The lowest BCUT2D eigenvalue weighted by Gasteiger charge is -2.39. The summed E-state index contributed by atoms with van der Waals surface area (Å²) in [5.41, 5.74) is 1.80. The quantitative estimate of drug-likeness (QED) is 0.210. The minimum atomic E-state index is -1.12. The lowest BCUT2D eigenvalue weighted by atomic mass is 9.84. The predicted molar refractivity (Wildman–Crippen MR) is 158 cm³/mol. The average Bonchev–Trinajstić information content (AvgIpc) is 3.76. The van der Waals surface area contributed by atoms with Gasteiger partial charge in [-0.25, -0.2) is 9.78 Å². The van der Waals surface area contributed by atoms with E-state index in [1.807, 2.05) is 4.90 Å². The number of hydrogen-bond donors (Lipinski definition) is 1. The molecule has 1 saturated heterocycles. The molecule has 218 valence electrons. The van der Waals surface area contributed by atoms with Gasteiger partial charge < -0.3 is 24.0 Å². The summed E-state index contributed by atoms with van der Waals surface area (Å²) in [6, 6.07) is 8.61. The number of piperidine rings is 1. The molecule has 3 aromatic heterocycles. The molecule has 0 atom stereocenters. The zero-order chi connectivity index (χ0) is 29.4. The fourth-order valence-electron chi connectivity index (χ4n) is 5.29. The van der Waals surface area contributed by atoms with Crippen molar-refractivity contribution in [3.05, 3.63) is 86.4 Å². The zero-order valence-electron chi connectivity index (χ0n) is 22.6. The molecule has 2 fully saturated rings. The number of ether oxygens (including phenoxy) is 2. The van der Waals surface area contributed by atoms with Crippen molar-refractivity contribution in [2.45, 2.75) is 43.8 Å². The van der Waals surface area contributed by atoms with Gasteiger partial charge in [0.15, 0.2) is 0 Å². The average molecular weight is 630 g/mol. The van der Waals surface area contributed by atoms with Crippen molar-refractivity contribution in [1.82, 2.24) is 15.1 Å². The van der Waals surface area contributed by atoms with Crippen molar-refractivity contribution in [2.24, 2.45) is 0 Å². The fraction of sp³-hybridized carbons (Fsp3) is 0.333. The molecule has 4 aromatic rings. The van der Waals surface area contributed by atoms with Crippen LogP contribution in [0.2, 0.25) is 15.1 Å². The second-order valence-electron chi connectivity index (χ2n) is 10.5. The zero-order valence-corrected chi connectivity index (χ0v) is 24.9. The third-order valence-electron chi connectivity index (χ3n) is 7.76. The minimum Gasteiger partial charge on any atom is -0.489 e. The van der Waals surface area contributed by atoms with Crippen LogP contribution < -0.4 is 9.64 Å². The summed E-state index contributed by atoms with van der Waals surface area (Å²) < 4.78 is 16.7. The first-order chi connectivity index (χ1) is 20.3. The van der Waals surface area contributed by atoms with E-state index in [1.54, 1.807) is 36.5 Å². The van der Waals surface area contributed by atoms with Crippen LogP contribution in [0.5, 0.6) is 5.75 Å². The van der Waals surface area contributed by atoms with Gasteiger partial charge in [-0.2, -0.15) is 0 Å². The van der Waals surface area contributed by atoms with Gasteiger partial charge in [-0.15, -0.1) is 0 Å². The molecule has 9 nitrogen and oxygen atoms in total. The van der Waals surface area contributed by atoms with Crippen molar-refractivity contribution in [3.63, 3.8) is 0 Å². The summed E-state index contributed by atoms with van der Waals surface area (Å²) in [6.07, 6.45) is 7.50. The van der Waals surface area contributed by atoms with Crippen LogP contribution in [-0.2, 0) is 16.9 Å². The number of esters is 1. The van der Waals surface area contributed by atoms with E-state index < -0.39 is 11.6 Å². The number of nitrogens with zero attached hydrogens (tertiary/aromatic N) is 4. The van der Waals surface area contributed by atoms with Gasteiger partial charge in [0.05, 0.1) is 38.9 Å². The predicted octanol–water partition coefficient (Wildman–Crippen LogP) is 6.82. The van der Waals surface area contributed by atoms with Crippen LogP contribution in [0.15, 0.2) is 53.4 Å². The smallest absolute Gasteiger partial charge is 0.338 e. The van der Waals surface area contributed by atoms with E-state index in [1.165, 1.54) is 19.5 Å². The Bertz CT molecular complexity index is 1610. The molecule has 4 heterocycles. The maximum Gasteiger partial charge on any atom is 0.338 e. The highest BCUT2D eigenvalue weighted by atomic mass is 35.5. The van der Waals surface area contributed by atoms with E-state index in [0.29, 0.717) is 75.0 Å². The Balaban J connectivity index is 1.17. The molecule has 1 aliphatic heterocycles. The topological polar surface area (TPSA) is 111 Å². The molecule has 1 N–H and O–H groups in total. The maximum absolute atomic E-state index is 11.9. The van der Waals surface area contributed by atoms with Crippen LogP contribution in [0.3, 0.4) is 0 Å². The van der Waals surface area contributed by atoms with Gasteiger partial charge in [0.25, 0.3) is 0 Å².